The van der Waals surface area contributed by atoms with E-state index in [0.717, 1.165) is 6.07 Å². The number of terminal acetylenes is 1. The Bertz CT molecular complexity index is 451. The van der Waals surface area contributed by atoms with Gasteiger partial charge in [-0.05, 0) is 25.1 Å². The molecule has 90 valence electrons. The van der Waals surface area contributed by atoms with Crippen LogP contribution in [0.1, 0.15) is 23.7 Å². The molecule has 1 atom stereocenters. The molecule has 0 aliphatic heterocycles. The molecule has 0 radical (unpaired) electrons. The summed E-state index contributed by atoms with van der Waals surface area (Å²) in [6.45, 7) is 1.79. The zero-order valence-corrected chi connectivity index (χ0v) is 9.79. The molecule has 0 saturated carbocycles. The van der Waals surface area contributed by atoms with E-state index in [-0.39, 0.29) is 23.3 Å². The maximum Gasteiger partial charge on any atom is 0.251 e. The fourth-order valence-corrected chi connectivity index (χ4v) is 1.34. The van der Waals surface area contributed by atoms with Crippen molar-refractivity contribution >= 4 is 5.91 Å². The molecule has 0 heterocycles. The van der Waals surface area contributed by atoms with E-state index in [1.54, 1.807) is 6.92 Å². The monoisotopic (exact) mass is 235 g/mol. The number of nitrogens with one attached hydrogen (secondary N) is 1. The molecular weight excluding hydrogens is 221 g/mol. The number of hydrogen-bond donors (Lipinski definition) is 1. The van der Waals surface area contributed by atoms with Crippen molar-refractivity contribution < 1.29 is 13.9 Å². The molecule has 1 amide bonds. The van der Waals surface area contributed by atoms with Gasteiger partial charge in [-0.15, -0.1) is 12.3 Å². The van der Waals surface area contributed by atoms with E-state index in [0.29, 0.717) is 6.42 Å². The van der Waals surface area contributed by atoms with Crippen LogP contribution in [-0.4, -0.2) is 19.1 Å². The number of rotatable bonds is 4. The van der Waals surface area contributed by atoms with E-state index >= 15 is 0 Å². The molecule has 0 aliphatic rings. The summed E-state index contributed by atoms with van der Waals surface area (Å²) in [4.78, 5) is 11.7. The van der Waals surface area contributed by atoms with Crippen LogP contribution in [0.5, 0.6) is 5.75 Å². The third kappa shape index (κ3) is 3.49. The van der Waals surface area contributed by atoms with Crippen LogP contribution in [0.3, 0.4) is 0 Å². The highest BCUT2D eigenvalue weighted by Gasteiger charge is 2.11. The van der Waals surface area contributed by atoms with E-state index in [1.807, 2.05) is 0 Å². The molecule has 0 saturated heterocycles. The number of methoxy groups -OCH3 is 1. The standard InChI is InChI=1S/C13H14FNO2/c1-4-5-9(2)15-13(16)10-6-7-12(17-3)11(14)8-10/h1,6-9H,5H2,2-3H3,(H,15,16). The lowest BCUT2D eigenvalue weighted by atomic mass is 10.1. The number of carbonyl (C=O) groups is 1. The minimum Gasteiger partial charge on any atom is -0.494 e. The van der Waals surface area contributed by atoms with Crippen molar-refractivity contribution in [3.05, 3.63) is 29.6 Å². The number of ether oxygens (including phenoxy) is 1. The largest absolute Gasteiger partial charge is 0.494 e. The highest BCUT2D eigenvalue weighted by atomic mass is 19.1. The highest BCUT2D eigenvalue weighted by Crippen LogP contribution is 2.17. The molecule has 0 spiro atoms. The van der Waals surface area contributed by atoms with Crippen molar-refractivity contribution in [2.45, 2.75) is 19.4 Å². The summed E-state index contributed by atoms with van der Waals surface area (Å²) in [5, 5.41) is 2.67. The van der Waals surface area contributed by atoms with Gasteiger partial charge in [0, 0.05) is 18.0 Å². The molecule has 0 fully saturated rings. The minimum atomic E-state index is -0.565. The van der Waals surface area contributed by atoms with Crippen molar-refractivity contribution in [1.82, 2.24) is 5.32 Å². The Morgan fingerprint density at radius 1 is 1.65 bits per heavy atom. The third-order valence-corrected chi connectivity index (χ3v) is 2.22. The Labute approximate surface area is 100.0 Å². The summed E-state index contributed by atoms with van der Waals surface area (Å²) in [5.74, 6) is 1.64. The van der Waals surface area contributed by atoms with E-state index in [9.17, 15) is 9.18 Å². The first kappa shape index (κ1) is 13.0. The summed E-state index contributed by atoms with van der Waals surface area (Å²) in [5.41, 5.74) is 0.243. The molecule has 0 aromatic heterocycles. The fourth-order valence-electron chi connectivity index (χ4n) is 1.34. The minimum absolute atomic E-state index is 0.109. The van der Waals surface area contributed by atoms with E-state index in [4.69, 9.17) is 11.2 Å². The van der Waals surface area contributed by atoms with Crippen LogP contribution in [0.15, 0.2) is 18.2 Å². The number of amides is 1. The number of hydrogen-bond acceptors (Lipinski definition) is 2. The first-order valence-corrected chi connectivity index (χ1v) is 5.16. The molecule has 3 nitrogen and oxygen atoms in total. The van der Waals surface area contributed by atoms with Gasteiger partial charge in [0.2, 0.25) is 0 Å². The second kappa shape index (κ2) is 5.90. The number of benzene rings is 1. The SMILES string of the molecule is C#CCC(C)NC(=O)c1ccc(OC)c(F)c1. The van der Waals surface area contributed by atoms with E-state index in [1.165, 1.54) is 19.2 Å². The quantitative estimate of drug-likeness (QED) is 0.810. The van der Waals surface area contributed by atoms with Crippen molar-refractivity contribution in [1.29, 1.82) is 0 Å². The van der Waals surface area contributed by atoms with Crippen LogP contribution >= 0.6 is 0 Å². The second-order valence-corrected chi connectivity index (χ2v) is 3.63. The van der Waals surface area contributed by atoms with Gasteiger partial charge < -0.3 is 10.1 Å². The van der Waals surface area contributed by atoms with Gasteiger partial charge in [-0.3, -0.25) is 4.79 Å². The molecule has 0 aliphatic carbocycles. The van der Waals surface area contributed by atoms with Crippen LogP contribution in [0.4, 0.5) is 4.39 Å². The summed E-state index contributed by atoms with van der Waals surface area (Å²) in [6.07, 6.45) is 5.56. The van der Waals surface area contributed by atoms with Gasteiger partial charge >= 0.3 is 0 Å². The lowest BCUT2D eigenvalue weighted by Crippen LogP contribution is -2.32. The van der Waals surface area contributed by atoms with E-state index in [2.05, 4.69) is 11.2 Å². The van der Waals surface area contributed by atoms with E-state index < -0.39 is 5.82 Å². The second-order valence-electron chi connectivity index (χ2n) is 3.63. The van der Waals surface area contributed by atoms with Gasteiger partial charge in [0.05, 0.1) is 7.11 Å². The highest BCUT2D eigenvalue weighted by molar-refractivity contribution is 5.94. The Hall–Kier alpha value is -2.02. The molecule has 4 heteroatoms. The molecule has 1 N–H and O–H groups in total. The van der Waals surface area contributed by atoms with Crippen molar-refractivity contribution in [3.63, 3.8) is 0 Å². The average Bonchev–Trinajstić information content (AvgIpc) is 2.29. The van der Waals surface area contributed by atoms with Crippen LogP contribution < -0.4 is 10.1 Å². The van der Waals surface area contributed by atoms with Gasteiger partial charge in [0.1, 0.15) is 0 Å². The van der Waals surface area contributed by atoms with Crippen LogP contribution in [0, 0.1) is 18.2 Å². The smallest absolute Gasteiger partial charge is 0.251 e. The van der Waals surface area contributed by atoms with Gasteiger partial charge in [-0.1, -0.05) is 0 Å². The third-order valence-electron chi connectivity index (χ3n) is 2.22. The molecular formula is C13H14FNO2. The predicted octanol–water partition coefficient (Wildman–Crippen LogP) is 1.98. The lowest BCUT2D eigenvalue weighted by Gasteiger charge is -2.11. The first-order chi connectivity index (χ1) is 8.08. The van der Waals surface area contributed by atoms with Crippen molar-refractivity contribution in [2.24, 2.45) is 0 Å². The fraction of sp³-hybridized carbons (Fsp3) is 0.308. The van der Waals surface area contributed by atoms with Gasteiger partial charge in [0.25, 0.3) is 5.91 Å². The molecule has 1 unspecified atom stereocenters. The lowest BCUT2D eigenvalue weighted by molar-refractivity contribution is 0.0940. The Morgan fingerprint density at radius 3 is 2.88 bits per heavy atom. The van der Waals surface area contributed by atoms with Crippen molar-refractivity contribution in [3.8, 4) is 18.1 Å². The summed E-state index contributed by atoms with van der Waals surface area (Å²) >= 11 is 0. The Morgan fingerprint density at radius 2 is 2.35 bits per heavy atom. The zero-order chi connectivity index (χ0) is 12.8. The maximum absolute atomic E-state index is 13.4. The van der Waals surface area contributed by atoms with Crippen LogP contribution in [0.25, 0.3) is 0 Å². The predicted molar refractivity (Wildman–Crippen MR) is 63.3 cm³/mol. The van der Waals surface area contributed by atoms with Gasteiger partial charge in [0.15, 0.2) is 11.6 Å². The molecule has 1 rings (SSSR count). The molecule has 1 aromatic carbocycles. The molecule has 17 heavy (non-hydrogen) atoms. The molecule has 1 aromatic rings. The van der Waals surface area contributed by atoms with Crippen LogP contribution in [0.2, 0.25) is 0 Å². The number of halogens is 1. The first-order valence-electron chi connectivity index (χ1n) is 5.16. The summed E-state index contributed by atoms with van der Waals surface area (Å²) in [7, 11) is 1.37. The maximum atomic E-state index is 13.4. The normalized spacial score (nSPS) is 11.4. The average molecular weight is 235 g/mol. The van der Waals surface area contributed by atoms with Gasteiger partial charge in [-0.2, -0.15) is 0 Å². The molecule has 0 bridgehead atoms. The summed E-state index contributed by atoms with van der Waals surface area (Å²) < 4.78 is 18.1. The zero-order valence-electron chi connectivity index (χ0n) is 9.79. The summed E-state index contributed by atoms with van der Waals surface area (Å²) in [6, 6.07) is 3.91. The number of carbonyl (C=O) groups excluding carboxylic acids is 1. The van der Waals surface area contributed by atoms with Gasteiger partial charge in [-0.25, -0.2) is 4.39 Å². The Balaban J connectivity index is 2.77. The Kier molecular flexibility index (Phi) is 4.53. The van der Waals surface area contributed by atoms with Crippen molar-refractivity contribution in [2.75, 3.05) is 7.11 Å². The van der Waals surface area contributed by atoms with Crippen LogP contribution in [-0.2, 0) is 0 Å². The topological polar surface area (TPSA) is 38.3 Å².